The fraction of sp³-hybridized carbons (Fsp3) is 0.500. The average Bonchev–Trinajstić information content (AvgIpc) is 3.38. The van der Waals surface area contributed by atoms with Crippen molar-refractivity contribution in [3.8, 4) is 11.5 Å². The summed E-state index contributed by atoms with van der Waals surface area (Å²) in [6, 6.07) is 5.58. The Balaban J connectivity index is 1.35. The lowest BCUT2D eigenvalue weighted by molar-refractivity contribution is -0.129. The topological polar surface area (TPSA) is 97.0 Å². The van der Waals surface area contributed by atoms with Crippen LogP contribution in [0.4, 0.5) is 5.69 Å². The van der Waals surface area contributed by atoms with Crippen molar-refractivity contribution < 1.29 is 23.9 Å². The maximum atomic E-state index is 12.3. The number of fused-ring (bicyclic) bond motifs is 1. The molecule has 0 bridgehead atoms. The Hall–Kier alpha value is -2.77. The smallest absolute Gasteiger partial charge is 0.239 e. The van der Waals surface area contributed by atoms with Crippen LogP contribution in [0.3, 0.4) is 0 Å². The van der Waals surface area contributed by atoms with Gasteiger partial charge in [0, 0.05) is 30.8 Å². The maximum absolute atomic E-state index is 12.3. The van der Waals surface area contributed by atoms with Gasteiger partial charge < -0.3 is 25.0 Å². The van der Waals surface area contributed by atoms with Crippen LogP contribution in [0, 0.1) is 5.92 Å². The first-order valence-corrected chi connectivity index (χ1v) is 8.87. The summed E-state index contributed by atoms with van der Waals surface area (Å²) in [7, 11) is 0. The first-order valence-electron chi connectivity index (χ1n) is 8.87. The Kier molecular flexibility index (Phi) is 4.40. The van der Waals surface area contributed by atoms with Gasteiger partial charge in [-0.05, 0) is 25.0 Å². The van der Waals surface area contributed by atoms with Crippen LogP contribution in [-0.2, 0) is 14.4 Å². The van der Waals surface area contributed by atoms with Crippen molar-refractivity contribution in [3.05, 3.63) is 18.2 Å². The predicted molar refractivity (Wildman–Crippen MR) is 92.1 cm³/mol. The standard InChI is InChI=1S/C18H21N3O5/c22-16(20-12-1-2-12)9-19-18(24)11-7-17(23)21(10-11)13-3-4-14-15(8-13)26-6-5-25-14/h3-4,8,11-12H,1-2,5-7,9-10H2,(H,19,24)(H,20,22)/t11-/m1/s1. The molecule has 138 valence electrons. The van der Waals surface area contributed by atoms with Gasteiger partial charge in [-0.2, -0.15) is 0 Å². The summed E-state index contributed by atoms with van der Waals surface area (Å²) in [4.78, 5) is 37.9. The van der Waals surface area contributed by atoms with Gasteiger partial charge in [0.1, 0.15) is 13.2 Å². The van der Waals surface area contributed by atoms with Crippen molar-refractivity contribution in [2.24, 2.45) is 5.92 Å². The molecule has 1 aromatic carbocycles. The molecule has 2 fully saturated rings. The van der Waals surface area contributed by atoms with E-state index in [9.17, 15) is 14.4 Å². The highest BCUT2D eigenvalue weighted by molar-refractivity contribution is 6.01. The maximum Gasteiger partial charge on any atom is 0.239 e. The van der Waals surface area contributed by atoms with Gasteiger partial charge in [-0.3, -0.25) is 14.4 Å². The molecular weight excluding hydrogens is 338 g/mol. The third-order valence-corrected chi connectivity index (χ3v) is 4.70. The SMILES string of the molecule is O=C(CNC(=O)[C@@H]1CC(=O)N(c2ccc3c(c2)OCCO3)C1)NC1CC1. The molecule has 1 saturated carbocycles. The Labute approximate surface area is 150 Å². The lowest BCUT2D eigenvalue weighted by atomic mass is 10.1. The number of hydrogen-bond donors (Lipinski definition) is 2. The van der Waals surface area contributed by atoms with Gasteiger partial charge >= 0.3 is 0 Å². The summed E-state index contributed by atoms with van der Waals surface area (Å²) >= 11 is 0. The molecule has 8 heteroatoms. The molecule has 1 aromatic rings. The van der Waals surface area contributed by atoms with Crippen molar-refractivity contribution >= 4 is 23.4 Å². The summed E-state index contributed by atoms with van der Waals surface area (Å²) in [5.41, 5.74) is 0.682. The minimum atomic E-state index is -0.468. The number of carbonyl (C=O) groups excluding carboxylic acids is 3. The van der Waals surface area contributed by atoms with Gasteiger partial charge in [0.2, 0.25) is 17.7 Å². The number of benzene rings is 1. The summed E-state index contributed by atoms with van der Waals surface area (Å²) in [6.45, 7) is 1.21. The molecule has 4 rings (SSSR count). The number of nitrogens with one attached hydrogen (secondary N) is 2. The molecule has 2 N–H and O–H groups in total. The van der Waals surface area contributed by atoms with E-state index in [0.717, 1.165) is 12.8 Å². The third kappa shape index (κ3) is 3.58. The highest BCUT2D eigenvalue weighted by Crippen LogP contribution is 2.35. The Bertz CT molecular complexity index is 746. The largest absolute Gasteiger partial charge is 0.486 e. The van der Waals surface area contributed by atoms with Crippen molar-refractivity contribution in [2.75, 3.05) is 31.2 Å². The van der Waals surface area contributed by atoms with E-state index in [4.69, 9.17) is 9.47 Å². The molecule has 1 atom stereocenters. The molecule has 2 heterocycles. The number of nitrogens with zero attached hydrogens (tertiary/aromatic N) is 1. The van der Waals surface area contributed by atoms with Gasteiger partial charge in [-0.1, -0.05) is 0 Å². The van der Waals surface area contributed by atoms with Gasteiger partial charge in [0.15, 0.2) is 11.5 Å². The molecule has 1 aliphatic carbocycles. The minimum absolute atomic E-state index is 0.0515. The van der Waals surface area contributed by atoms with Crippen LogP contribution in [0.5, 0.6) is 11.5 Å². The van der Waals surface area contributed by atoms with Crippen LogP contribution in [0.2, 0.25) is 0 Å². The highest BCUT2D eigenvalue weighted by Gasteiger charge is 2.35. The van der Waals surface area contributed by atoms with Crippen molar-refractivity contribution in [3.63, 3.8) is 0 Å². The monoisotopic (exact) mass is 359 g/mol. The van der Waals surface area contributed by atoms with Crippen LogP contribution in [0.1, 0.15) is 19.3 Å². The molecule has 3 aliphatic rings. The zero-order valence-corrected chi connectivity index (χ0v) is 14.3. The Morgan fingerprint density at radius 2 is 1.92 bits per heavy atom. The second-order valence-electron chi connectivity index (χ2n) is 6.79. The number of hydrogen-bond acceptors (Lipinski definition) is 5. The molecule has 26 heavy (non-hydrogen) atoms. The fourth-order valence-electron chi connectivity index (χ4n) is 3.15. The number of rotatable bonds is 5. The van der Waals surface area contributed by atoms with Crippen LogP contribution >= 0.6 is 0 Å². The number of ether oxygens (including phenoxy) is 2. The second kappa shape index (κ2) is 6.86. The molecule has 0 unspecified atom stereocenters. The van der Waals surface area contributed by atoms with Crippen molar-refractivity contribution in [1.82, 2.24) is 10.6 Å². The molecule has 8 nitrogen and oxygen atoms in total. The van der Waals surface area contributed by atoms with E-state index < -0.39 is 5.92 Å². The normalized spacial score (nSPS) is 21.5. The minimum Gasteiger partial charge on any atom is -0.486 e. The third-order valence-electron chi connectivity index (χ3n) is 4.70. The second-order valence-corrected chi connectivity index (χ2v) is 6.79. The molecule has 1 saturated heterocycles. The first kappa shape index (κ1) is 16.7. The molecule has 2 aliphatic heterocycles. The van der Waals surface area contributed by atoms with Gasteiger partial charge in [0.25, 0.3) is 0 Å². The van der Waals surface area contributed by atoms with Gasteiger partial charge in [-0.15, -0.1) is 0 Å². The summed E-state index contributed by atoms with van der Waals surface area (Å²) < 4.78 is 11.0. The number of carbonyl (C=O) groups is 3. The van der Waals surface area contributed by atoms with E-state index in [1.165, 1.54) is 0 Å². The molecular formula is C18H21N3O5. The van der Waals surface area contributed by atoms with Crippen LogP contribution in [-0.4, -0.2) is 50.1 Å². The van der Waals surface area contributed by atoms with E-state index in [0.29, 0.717) is 30.4 Å². The summed E-state index contributed by atoms with van der Waals surface area (Å²) in [5, 5.41) is 5.44. The summed E-state index contributed by atoms with van der Waals surface area (Å²) in [6.07, 6.45) is 2.13. The fourth-order valence-corrected chi connectivity index (χ4v) is 3.15. The van der Waals surface area contributed by atoms with Gasteiger partial charge in [-0.25, -0.2) is 0 Å². The quantitative estimate of drug-likeness (QED) is 0.783. The zero-order valence-electron chi connectivity index (χ0n) is 14.3. The van der Waals surface area contributed by atoms with Crippen molar-refractivity contribution in [1.29, 1.82) is 0 Å². The Morgan fingerprint density at radius 3 is 2.69 bits per heavy atom. The molecule has 0 aromatic heterocycles. The van der Waals surface area contributed by atoms with Crippen molar-refractivity contribution in [2.45, 2.75) is 25.3 Å². The molecule has 0 radical (unpaired) electrons. The van der Waals surface area contributed by atoms with E-state index in [2.05, 4.69) is 10.6 Å². The first-order chi connectivity index (χ1) is 12.6. The number of amides is 3. The van der Waals surface area contributed by atoms with Crippen LogP contribution < -0.4 is 25.0 Å². The lowest BCUT2D eigenvalue weighted by Gasteiger charge is -2.22. The predicted octanol–water partition coefficient (Wildman–Crippen LogP) is 0.206. The van der Waals surface area contributed by atoms with E-state index >= 15 is 0 Å². The molecule has 3 amide bonds. The summed E-state index contributed by atoms with van der Waals surface area (Å²) in [5.74, 6) is 0.209. The Morgan fingerprint density at radius 1 is 1.15 bits per heavy atom. The van der Waals surface area contributed by atoms with Gasteiger partial charge in [0.05, 0.1) is 12.5 Å². The average molecular weight is 359 g/mol. The highest BCUT2D eigenvalue weighted by atomic mass is 16.6. The molecule has 0 spiro atoms. The van der Waals surface area contributed by atoms with E-state index in [1.54, 1.807) is 23.1 Å². The number of anilines is 1. The van der Waals surface area contributed by atoms with E-state index in [1.807, 2.05) is 0 Å². The van der Waals surface area contributed by atoms with E-state index in [-0.39, 0.29) is 43.3 Å². The lowest BCUT2D eigenvalue weighted by Crippen LogP contribution is -2.40. The zero-order chi connectivity index (χ0) is 18.1. The van der Waals surface area contributed by atoms with Crippen LogP contribution in [0.25, 0.3) is 0 Å². The van der Waals surface area contributed by atoms with Crippen LogP contribution in [0.15, 0.2) is 18.2 Å².